The topological polar surface area (TPSA) is 149 Å². The number of aryl methyl sites for hydroxylation is 2. The van der Waals surface area contributed by atoms with E-state index >= 15 is 0 Å². The maximum Gasteiger partial charge on any atom is 1.00 e. The Hall–Kier alpha value is -1.84. The molecular formula is C19H18N6NaO4S3+. The zero-order chi connectivity index (χ0) is 22.9. The van der Waals surface area contributed by atoms with Crippen molar-refractivity contribution >= 4 is 42.5 Å². The predicted molar refractivity (Wildman–Crippen MR) is 121 cm³/mol. The van der Waals surface area contributed by atoms with Crippen LogP contribution in [0.2, 0.25) is 0 Å². The first-order valence-electron chi connectivity index (χ1n) is 9.18. The molecule has 10 nitrogen and oxygen atoms in total. The Balaban J connectivity index is 0.00000306. The summed E-state index contributed by atoms with van der Waals surface area (Å²) in [5.41, 5.74) is 2.29. The van der Waals surface area contributed by atoms with E-state index in [1.54, 1.807) is 24.3 Å². The average molecular weight is 514 g/mol. The Morgan fingerprint density at radius 1 is 0.848 bits per heavy atom. The van der Waals surface area contributed by atoms with Crippen molar-refractivity contribution in [3.05, 3.63) is 76.4 Å². The molecule has 0 saturated heterocycles. The summed E-state index contributed by atoms with van der Waals surface area (Å²) in [6, 6.07) is 12.2. The largest absolute Gasteiger partial charge is 1.00 e. The first-order chi connectivity index (χ1) is 15.2. The SMILES string of the molecule is Cc1ccc(S(=O)(=O)[N-][S+](NS(=O)(=O)c2ccc(C)cc2)c2ncnc3nc[nH]c23)cc1.[Na+]. The fourth-order valence-corrected chi connectivity index (χ4v) is 7.50. The number of aromatic amines is 1. The van der Waals surface area contributed by atoms with Crippen LogP contribution in [0.25, 0.3) is 15.3 Å². The van der Waals surface area contributed by atoms with Crippen LogP contribution in [0.3, 0.4) is 0 Å². The summed E-state index contributed by atoms with van der Waals surface area (Å²) in [4.78, 5) is 14.8. The van der Waals surface area contributed by atoms with Gasteiger partial charge in [-0.05, 0) is 42.2 Å². The van der Waals surface area contributed by atoms with E-state index < -0.39 is 31.3 Å². The fraction of sp³-hybridized carbons (Fsp3) is 0.105. The molecule has 0 aliphatic rings. The fourth-order valence-electron chi connectivity index (χ4n) is 2.70. The Morgan fingerprint density at radius 2 is 1.42 bits per heavy atom. The number of imidazole rings is 1. The van der Waals surface area contributed by atoms with Crippen LogP contribution in [0, 0.1) is 13.8 Å². The van der Waals surface area contributed by atoms with Gasteiger partial charge in [0.05, 0.1) is 27.4 Å². The molecule has 0 radical (unpaired) electrons. The number of fused-ring (bicyclic) bond motifs is 1. The summed E-state index contributed by atoms with van der Waals surface area (Å²) < 4.78 is 58.4. The molecule has 2 N–H and O–H groups in total. The molecule has 0 saturated carbocycles. The number of nitrogens with zero attached hydrogens (tertiary/aromatic N) is 4. The van der Waals surface area contributed by atoms with Crippen molar-refractivity contribution in [2.24, 2.45) is 0 Å². The zero-order valence-corrected chi connectivity index (χ0v) is 22.4. The molecular weight excluding hydrogens is 495 g/mol. The van der Waals surface area contributed by atoms with Gasteiger partial charge in [-0.25, -0.2) is 26.8 Å². The molecule has 0 aliphatic carbocycles. The minimum atomic E-state index is -4.22. The number of aromatic nitrogens is 4. The van der Waals surface area contributed by atoms with E-state index in [9.17, 15) is 16.8 Å². The standard InChI is InChI=1S/C19H18N6O4S3.Na/c1-13-3-7-15(8-4-13)31(26,27)24-30(19-17-18(21-11-20-17)22-12-23-19)25-32(28,29)16-9-5-14(2)6-10-16;/h3-12H,1-2H3,(H,24,25)(H,20,21,22,23);/q;+1. The summed E-state index contributed by atoms with van der Waals surface area (Å²) in [6.45, 7) is 3.65. The van der Waals surface area contributed by atoms with Gasteiger partial charge in [0.15, 0.2) is 11.2 Å². The van der Waals surface area contributed by atoms with Crippen molar-refractivity contribution in [1.82, 2.24) is 24.1 Å². The third-order valence-electron chi connectivity index (χ3n) is 4.38. The Morgan fingerprint density at radius 3 is 2.03 bits per heavy atom. The van der Waals surface area contributed by atoms with Crippen molar-refractivity contribution in [2.45, 2.75) is 28.7 Å². The van der Waals surface area contributed by atoms with E-state index in [0.29, 0.717) is 0 Å². The molecule has 2 aromatic carbocycles. The number of hydrogen-bond donors (Lipinski definition) is 2. The second kappa shape index (κ2) is 10.2. The van der Waals surface area contributed by atoms with Gasteiger partial charge < -0.3 is 4.98 Å². The van der Waals surface area contributed by atoms with Crippen molar-refractivity contribution in [3.63, 3.8) is 0 Å². The normalized spacial score (nSPS) is 12.9. The molecule has 4 rings (SSSR count). The van der Waals surface area contributed by atoms with Crippen LogP contribution in [-0.2, 0) is 31.3 Å². The Bertz CT molecular complexity index is 1400. The van der Waals surface area contributed by atoms with E-state index in [0.717, 1.165) is 11.1 Å². The minimum absolute atomic E-state index is 0. The van der Waals surface area contributed by atoms with Crippen LogP contribution in [0.1, 0.15) is 11.1 Å². The monoisotopic (exact) mass is 513 g/mol. The molecule has 166 valence electrons. The molecule has 4 aromatic rings. The molecule has 0 amide bonds. The maximum atomic E-state index is 13.0. The second-order valence-corrected chi connectivity index (χ2v) is 11.9. The van der Waals surface area contributed by atoms with Gasteiger partial charge >= 0.3 is 29.6 Å². The van der Waals surface area contributed by atoms with E-state index in [4.69, 9.17) is 0 Å². The molecule has 14 heteroatoms. The van der Waals surface area contributed by atoms with E-state index in [1.807, 2.05) is 13.8 Å². The quantitative estimate of drug-likeness (QED) is 0.193. The number of rotatable bonds is 7. The number of hydrogen-bond acceptors (Lipinski definition) is 7. The third kappa shape index (κ3) is 5.81. The number of nitrogens with one attached hydrogen (secondary N) is 2. The van der Waals surface area contributed by atoms with Gasteiger partial charge in [0.25, 0.3) is 15.0 Å². The van der Waals surface area contributed by atoms with Crippen molar-refractivity contribution < 1.29 is 46.4 Å². The molecule has 2 aromatic heterocycles. The van der Waals surface area contributed by atoms with Crippen LogP contribution in [0.15, 0.2) is 76.0 Å². The zero-order valence-electron chi connectivity index (χ0n) is 17.9. The molecule has 0 aliphatic heterocycles. The summed E-state index contributed by atoms with van der Waals surface area (Å²) >= 11 is -1.91. The minimum Gasteiger partial charge on any atom is -0.338 e. The predicted octanol–water partition coefficient (Wildman–Crippen LogP) is -0.478. The van der Waals surface area contributed by atoms with E-state index in [2.05, 4.69) is 28.2 Å². The Labute approximate surface area is 216 Å². The molecule has 2 heterocycles. The number of benzene rings is 2. The van der Waals surface area contributed by atoms with Gasteiger partial charge in [-0.15, -0.1) is 0 Å². The van der Waals surface area contributed by atoms with Crippen molar-refractivity contribution in [3.8, 4) is 0 Å². The van der Waals surface area contributed by atoms with Crippen LogP contribution in [-0.4, -0.2) is 36.8 Å². The first-order valence-corrected chi connectivity index (χ1v) is 13.3. The smallest absolute Gasteiger partial charge is 0.338 e. The number of sulfonamides is 2. The van der Waals surface area contributed by atoms with Gasteiger partial charge in [0.2, 0.25) is 0 Å². The summed E-state index contributed by atoms with van der Waals surface area (Å²) in [5, 5.41) is 0.0545. The van der Waals surface area contributed by atoms with E-state index in [-0.39, 0.29) is 55.5 Å². The molecule has 0 fully saturated rings. The van der Waals surface area contributed by atoms with Crippen molar-refractivity contribution in [2.75, 3.05) is 0 Å². The van der Waals surface area contributed by atoms with Gasteiger partial charge in [0.1, 0.15) is 16.4 Å². The maximum absolute atomic E-state index is 13.0. The average Bonchev–Trinajstić information content (AvgIpc) is 3.22. The van der Waals surface area contributed by atoms with Crippen molar-refractivity contribution in [1.29, 1.82) is 0 Å². The van der Waals surface area contributed by atoms with Gasteiger partial charge in [-0.2, -0.15) is 4.98 Å². The van der Waals surface area contributed by atoms with Gasteiger partial charge in [-0.1, -0.05) is 35.4 Å². The molecule has 1 unspecified atom stereocenters. The van der Waals surface area contributed by atoms with Crippen LogP contribution < -0.4 is 33.7 Å². The Kier molecular flexibility index (Phi) is 7.96. The summed E-state index contributed by atoms with van der Waals surface area (Å²) in [5.74, 6) is 0. The molecule has 33 heavy (non-hydrogen) atoms. The third-order valence-corrected chi connectivity index (χ3v) is 9.71. The van der Waals surface area contributed by atoms with E-state index in [1.165, 1.54) is 36.9 Å². The van der Waals surface area contributed by atoms with Gasteiger partial charge in [-0.3, -0.25) is 4.13 Å². The van der Waals surface area contributed by atoms with Crippen LogP contribution in [0.4, 0.5) is 0 Å². The summed E-state index contributed by atoms with van der Waals surface area (Å²) in [6.07, 6.45) is 2.53. The number of H-pyrrole nitrogens is 1. The summed E-state index contributed by atoms with van der Waals surface area (Å²) in [7, 11) is -8.35. The van der Waals surface area contributed by atoms with Crippen LogP contribution >= 0.6 is 0 Å². The van der Waals surface area contributed by atoms with Crippen LogP contribution in [0.5, 0.6) is 0 Å². The molecule has 1 atom stereocenters. The first kappa shape index (κ1) is 25.8. The second-order valence-electron chi connectivity index (χ2n) is 6.83. The van der Waals surface area contributed by atoms with Gasteiger partial charge in [0, 0.05) is 0 Å². The molecule has 0 bridgehead atoms. The molecule has 0 spiro atoms.